The van der Waals surface area contributed by atoms with Gasteiger partial charge >= 0.3 is 5.97 Å². The van der Waals surface area contributed by atoms with Gasteiger partial charge in [0.2, 0.25) is 12.0 Å². The maximum atomic E-state index is 14.2. The predicted octanol–water partition coefficient (Wildman–Crippen LogP) is 9.12. The number of halogens is 2. The molecule has 0 saturated carbocycles. The van der Waals surface area contributed by atoms with E-state index in [1.54, 1.807) is 31.5 Å². The largest absolute Gasteiger partial charge is 0.496 e. The van der Waals surface area contributed by atoms with Gasteiger partial charge in [0.05, 0.1) is 23.8 Å². The van der Waals surface area contributed by atoms with Gasteiger partial charge in [0, 0.05) is 54.3 Å². The van der Waals surface area contributed by atoms with Crippen LogP contribution in [0.15, 0.2) is 97.5 Å². The number of hydrogen-bond donors (Lipinski definition) is 1. The topological polar surface area (TPSA) is 123 Å². The van der Waals surface area contributed by atoms with Crippen LogP contribution in [0, 0.1) is 12.7 Å². The molecule has 60 heavy (non-hydrogen) atoms. The van der Waals surface area contributed by atoms with Gasteiger partial charge < -0.3 is 24.2 Å². The lowest BCUT2D eigenvalue weighted by atomic mass is 9.94. The summed E-state index contributed by atoms with van der Waals surface area (Å²) in [5.74, 6) is 0.199. The van der Waals surface area contributed by atoms with Crippen molar-refractivity contribution in [2.75, 3.05) is 34.3 Å². The van der Waals surface area contributed by atoms with E-state index in [1.807, 2.05) is 75.6 Å². The normalized spacial score (nSPS) is 14.3. The molecular weight excluding hydrogens is 803 g/mol. The van der Waals surface area contributed by atoms with E-state index in [1.165, 1.54) is 29.8 Å². The molecule has 0 spiro atoms. The first kappa shape index (κ1) is 40.8. The van der Waals surface area contributed by atoms with Crippen molar-refractivity contribution in [3.05, 3.63) is 136 Å². The molecule has 306 valence electrons. The molecule has 1 atom stereocenters. The number of rotatable bonds is 10. The number of carboxylic acid groups (broad SMARTS) is 1. The Labute approximate surface area is 356 Å². The van der Waals surface area contributed by atoms with Gasteiger partial charge in [-0.3, -0.25) is 4.90 Å². The number of para-hydroxylation sites is 1. The second-order valence-corrected chi connectivity index (χ2v) is 16.2. The zero-order valence-corrected chi connectivity index (χ0v) is 35.1. The van der Waals surface area contributed by atoms with Gasteiger partial charge in [0.15, 0.2) is 5.82 Å². The Hall–Kier alpha value is -5.99. The zero-order chi connectivity index (χ0) is 41.9. The molecule has 2 aliphatic rings. The molecule has 4 aromatic carbocycles. The van der Waals surface area contributed by atoms with Gasteiger partial charge in [-0.1, -0.05) is 60.1 Å². The minimum atomic E-state index is -1.37. The van der Waals surface area contributed by atoms with Crippen molar-refractivity contribution in [3.63, 3.8) is 0 Å². The molecule has 0 aliphatic carbocycles. The Morgan fingerprint density at radius 1 is 0.983 bits per heavy atom. The number of aliphatic carboxylic acids is 1. The average molecular weight is 845 g/mol. The number of thiophene rings is 1. The standard InChI is InChI=1S/C46H42ClFN6O5S/c1-27-34-15-12-30(41(27)47)24-54(20-19-53(2)3)23-28-9-16-36(58-25-33-17-18-49-43(52-33)35-7-5-6-8-37(35)57-4)31(21-28)22-38(46(55)56)59-44-40-39(34)42(60-45(40)51-26-50-44)29-10-13-32(48)14-11-29/h5-18,21,26,38H,19-20,22-25H2,1-4H3,(H,55,56)/t38-/m1/s1. The summed E-state index contributed by atoms with van der Waals surface area (Å²) in [6, 6.07) is 25.5. The maximum Gasteiger partial charge on any atom is 0.345 e. The Morgan fingerprint density at radius 2 is 1.80 bits per heavy atom. The maximum absolute atomic E-state index is 14.2. The highest BCUT2D eigenvalue weighted by Crippen LogP contribution is 2.49. The van der Waals surface area contributed by atoms with E-state index in [2.05, 4.69) is 24.8 Å². The fourth-order valence-corrected chi connectivity index (χ4v) is 8.76. The van der Waals surface area contributed by atoms with Crippen molar-refractivity contribution in [3.8, 4) is 50.3 Å². The van der Waals surface area contributed by atoms with Gasteiger partial charge in [-0.15, -0.1) is 11.3 Å². The molecule has 7 aromatic rings. The zero-order valence-electron chi connectivity index (χ0n) is 33.5. The molecule has 9 rings (SSSR count). The fourth-order valence-electron chi connectivity index (χ4n) is 7.38. The van der Waals surface area contributed by atoms with E-state index in [0.717, 1.165) is 56.9 Å². The van der Waals surface area contributed by atoms with E-state index in [4.69, 9.17) is 30.8 Å². The van der Waals surface area contributed by atoms with E-state index in [9.17, 15) is 14.3 Å². The third-order valence-corrected chi connectivity index (χ3v) is 12.1. The van der Waals surface area contributed by atoms with Crippen LogP contribution in [0.25, 0.3) is 43.2 Å². The van der Waals surface area contributed by atoms with Crippen LogP contribution < -0.4 is 14.2 Å². The van der Waals surface area contributed by atoms with Crippen LogP contribution in [0.4, 0.5) is 4.39 Å². The second-order valence-electron chi connectivity index (χ2n) is 14.8. The van der Waals surface area contributed by atoms with Crippen molar-refractivity contribution in [2.24, 2.45) is 0 Å². The van der Waals surface area contributed by atoms with Crippen LogP contribution in [0.3, 0.4) is 0 Å². The first-order valence-electron chi connectivity index (χ1n) is 19.3. The Balaban J connectivity index is 1.24. The average Bonchev–Trinajstić information content (AvgIpc) is 3.64. The van der Waals surface area contributed by atoms with Crippen molar-refractivity contribution in [1.82, 2.24) is 29.7 Å². The lowest BCUT2D eigenvalue weighted by molar-refractivity contribution is -0.145. The summed E-state index contributed by atoms with van der Waals surface area (Å²) < 4.78 is 32.6. The monoisotopic (exact) mass is 844 g/mol. The molecule has 14 heteroatoms. The predicted molar refractivity (Wildman–Crippen MR) is 231 cm³/mol. The molecule has 1 N–H and O–H groups in total. The number of carbonyl (C=O) groups is 1. The molecule has 0 saturated heterocycles. The van der Waals surface area contributed by atoms with Crippen molar-refractivity contribution in [1.29, 1.82) is 0 Å². The van der Waals surface area contributed by atoms with Crippen LogP contribution in [0.2, 0.25) is 5.02 Å². The number of aromatic nitrogens is 4. The van der Waals surface area contributed by atoms with E-state index in [0.29, 0.717) is 56.9 Å². The third-order valence-electron chi connectivity index (χ3n) is 10.5. The van der Waals surface area contributed by atoms with Gasteiger partial charge in [-0.2, -0.15) is 0 Å². The minimum Gasteiger partial charge on any atom is -0.496 e. The SMILES string of the molecule is COc1ccccc1-c1nccc(COc2ccc3cc2C[C@H](C(=O)O)Oc2ncnc4sc(-c5ccc(F)cc5)c(c24)-c2ccc(c(Cl)c2C)CN(CCN(C)C)C3)n1. The number of likely N-dealkylation sites (N-methyl/N-ethyl adjacent to an activating group) is 1. The molecule has 0 radical (unpaired) electrons. The molecule has 0 amide bonds. The number of nitrogens with zero attached hydrogens (tertiary/aromatic N) is 6. The van der Waals surface area contributed by atoms with Crippen LogP contribution in [-0.4, -0.2) is 81.2 Å². The smallest absolute Gasteiger partial charge is 0.345 e. The molecule has 4 bridgehead atoms. The van der Waals surface area contributed by atoms with Crippen LogP contribution in [-0.2, 0) is 30.9 Å². The molecule has 2 aliphatic heterocycles. The summed E-state index contributed by atoms with van der Waals surface area (Å²) in [5, 5.41) is 11.9. The van der Waals surface area contributed by atoms with Crippen molar-refractivity contribution in [2.45, 2.75) is 39.1 Å². The third kappa shape index (κ3) is 8.66. The highest BCUT2D eigenvalue weighted by atomic mass is 35.5. The van der Waals surface area contributed by atoms with E-state index < -0.39 is 12.1 Å². The summed E-state index contributed by atoms with van der Waals surface area (Å²) in [6.45, 7) is 4.73. The fraction of sp³-hybridized carbons (Fsp3) is 0.239. The van der Waals surface area contributed by atoms with Gasteiger partial charge in [-0.05, 0) is 90.8 Å². The molecule has 3 aromatic heterocycles. The summed E-state index contributed by atoms with van der Waals surface area (Å²) in [7, 11) is 5.68. The Bertz CT molecular complexity index is 2690. The molecular formula is C46H42ClFN6O5S. The number of carboxylic acids is 1. The minimum absolute atomic E-state index is 0.0408. The number of fused-ring (bicyclic) bond motifs is 6. The van der Waals surface area contributed by atoms with Crippen molar-refractivity contribution >= 4 is 39.1 Å². The second kappa shape index (κ2) is 17.7. The quantitative estimate of drug-likeness (QED) is 0.142. The Morgan fingerprint density at radius 3 is 2.58 bits per heavy atom. The summed E-state index contributed by atoms with van der Waals surface area (Å²) in [4.78, 5) is 37.4. The van der Waals surface area contributed by atoms with Gasteiger partial charge in [0.25, 0.3) is 0 Å². The number of ether oxygens (including phenoxy) is 3. The molecule has 0 unspecified atom stereocenters. The first-order chi connectivity index (χ1) is 29.1. The van der Waals surface area contributed by atoms with Crippen LogP contribution in [0.1, 0.15) is 27.9 Å². The van der Waals surface area contributed by atoms with Crippen molar-refractivity contribution < 1.29 is 28.5 Å². The van der Waals surface area contributed by atoms with E-state index >= 15 is 0 Å². The highest BCUT2D eigenvalue weighted by Gasteiger charge is 2.29. The van der Waals surface area contributed by atoms with Gasteiger partial charge in [0.1, 0.15) is 35.1 Å². The first-order valence-corrected chi connectivity index (χ1v) is 20.5. The number of hydrogen-bond acceptors (Lipinski definition) is 11. The van der Waals surface area contributed by atoms with Gasteiger partial charge in [-0.25, -0.2) is 29.1 Å². The number of methoxy groups -OCH3 is 1. The summed E-state index contributed by atoms with van der Waals surface area (Å²) >= 11 is 8.67. The molecule has 11 nitrogen and oxygen atoms in total. The Kier molecular flexibility index (Phi) is 12.0. The summed E-state index contributed by atoms with van der Waals surface area (Å²) in [6.07, 6.45) is 1.63. The lowest BCUT2D eigenvalue weighted by Gasteiger charge is -2.26. The van der Waals surface area contributed by atoms with Crippen LogP contribution in [0.5, 0.6) is 17.4 Å². The molecule has 5 heterocycles. The van der Waals surface area contributed by atoms with Crippen LogP contribution >= 0.6 is 22.9 Å². The number of benzene rings is 4. The lowest BCUT2D eigenvalue weighted by Crippen LogP contribution is -2.32. The summed E-state index contributed by atoms with van der Waals surface area (Å²) in [5.41, 5.74) is 7.07. The highest BCUT2D eigenvalue weighted by molar-refractivity contribution is 7.22. The molecule has 0 fully saturated rings. The van der Waals surface area contributed by atoms with E-state index in [-0.39, 0.29) is 24.7 Å².